The van der Waals surface area contributed by atoms with Gasteiger partial charge in [0.05, 0.1) is 5.75 Å². The minimum atomic E-state index is -3.40. The van der Waals surface area contributed by atoms with Gasteiger partial charge in [0.25, 0.3) is 0 Å². The highest BCUT2D eigenvalue weighted by molar-refractivity contribution is 9.10. The van der Waals surface area contributed by atoms with E-state index in [-0.39, 0.29) is 5.75 Å². The van der Waals surface area contributed by atoms with Gasteiger partial charge in [-0.3, -0.25) is 4.79 Å². The molecule has 17 heavy (non-hydrogen) atoms. The van der Waals surface area contributed by atoms with E-state index in [0.717, 1.165) is 4.47 Å². The van der Waals surface area contributed by atoms with Crippen molar-refractivity contribution in [2.75, 3.05) is 16.8 Å². The fourth-order valence-electron chi connectivity index (χ4n) is 1.17. The normalized spacial score (nSPS) is 10.9. The summed E-state index contributed by atoms with van der Waals surface area (Å²) in [6.45, 7) is 3.33. The lowest BCUT2D eigenvalue weighted by Gasteiger charge is -2.05. The maximum atomic E-state index is 11.5. The summed E-state index contributed by atoms with van der Waals surface area (Å²) in [5.41, 5.74) is 0.562. The molecule has 0 aliphatic rings. The van der Waals surface area contributed by atoms with Gasteiger partial charge in [0.1, 0.15) is 5.75 Å². The quantitative estimate of drug-likeness (QED) is 0.845. The third-order valence-corrected chi connectivity index (χ3v) is 3.83. The number of hydrogen-bond donors (Lipinski definition) is 1. The van der Waals surface area contributed by atoms with Gasteiger partial charge < -0.3 is 5.32 Å². The number of benzene rings is 1. The van der Waals surface area contributed by atoms with Gasteiger partial charge in [0.15, 0.2) is 9.84 Å². The Morgan fingerprint density at radius 1 is 1.35 bits per heavy atom. The van der Waals surface area contributed by atoms with Crippen LogP contribution in [0, 0.1) is 0 Å². The van der Waals surface area contributed by atoms with Gasteiger partial charge in [-0.15, -0.1) is 6.58 Å². The standard InChI is InChI=1S/C11H12BrNO3S/c1-2-7-17(15,16)8-11(14)13-10-5-3-9(12)4-6-10/h2-6H,1,7-8H2,(H,13,14). The molecule has 0 saturated heterocycles. The van der Waals surface area contributed by atoms with E-state index in [2.05, 4.69) is 27.8 Å². The first-order valence-corrected chi connectivity index (χ1v) is 7.41. The summed E-state index contributed by atoms with van der Waals surface area (Å²) in [4.78, 5) is 11.5. The molecule has 0 bridgehead atoms. The second kappa shape index (κ2) is 5.97. The van der Waals surface area contributed by atoms with Crippen LogP contribution in [0.2, 0.25) is 0 Å². The Bertz CT molecular complexity index is 508. The van der Waals surface area contributed by atoms with E-state index in [1.165, 1.54) is 6.08 Å². The number of anilines is 1. The van der Waals surface area contributed by atoms with Crippen molar-refractivity contribution in [3.05, 3.63) is 41.4 Å². The van der Waals surface area contributed by atoms with Gasteiger partial charge in [-0.1, -0.05) is 22.0 Å². The molecule has 1 amide bonds. The highest BCUT2D eigenvalue weighted by Crippen LogP contribution is 2.14. The first-order chi connectivity index (χ1) is 7.93. The summed E-state index contributed by atoms with van der Waals surface area (Å²) >= 11 is 3.26. The van der Waals surface area contributed by atoms with Crippen LogP contribution in [0.3, 0.4) is 0 Å². The summed E-state index contributed by atoms with van der Waals surface area (Å²) in [5, 5.41) is 2.51. The molecule has 0 aliphatic carbocycles. The van der Waals surface area contributed by atoms with Crippen molar-refractivity contribution in [1.82, 2.24) is 0 Å². The first-order valence-electron chi connectivity index (χ1n) is 4.80. The lowest BCUT2D eigenvalue weighted by Crippen LogP contribution is -2.24. The van der Waals surface area contributed by atoms with E-state index in [0.29, 0.717) is 5.69 Å². The maximum absolute atomic E-state index is 11.5. The fraction of sp³-hybridized carbons (Fsp3) is 0.182. The van der Waals surface area contributed by atoms with Crippen molar-refractivity contribution in [2.45, 2.75) is 0 Å². The fourth-order valence-corrected chi connectivity index (χ4v) is 2.38. The maximum Gasteiger partial charge on any atom is 0.239 e. The second-order valence-electron chi connectivity index (χ2n) is 3.40. The molecule has 0 fully saturated rings. The van der Waals surface area contributed by atoms with E-state index in [1.807, 2.05) is 0 Å². The Balaban J connectivity index is 2.61. The van der Waals surface area contributed by atoms with E-state index in [4.69, 9.17) is 0 Å². The number of sulfone groups is 1. The van der Waals surface area contributed by atoms with Gasteiger partial charge in [0.2, 0.25) is 5.91 Å². The molecule has 0 radical (unpaired) electrons. The van der Waals surface area contributed by atoms with Crippen molar-refractivity contribution in [3.8, 4) is 0 Å². The molecule has 0 saturated carbocycles. The molecule has 92 valence electrons. The molecule has 0 heterocycles. The molecular weight excluding hydrogens is 306 g/mol. The zero-order valence-corrected chi connectivity index (χ0v) is 11.4. The van der Waals surface area contributed by atoms with E-state index in [9.17, 15) is 13.2 Å². The minimum absolute atomic E-state index is 0.194. The highest BCUT2D eigenvalue weighted by atomic mass is 79.9. The second-order valence-corrected chi connectivity index (χ2v) is 6.42. The molecule has 1 rings (SSSR count). The number of carbonyl (C=O) groups is 1. The summed E-state index contributed by atoms with van der Waals surface area (Å²) in [6, 6.07) is 6.88. The number of hydrogen-bond acceptors (Lipinski definition) is 3. The SMILES string of the molecule is C=CCS(=O)(=O)CC(=O)Nc1ccc(Br)cc1. The Labute approximate surface area is 109 Å². The van der Waals surface area contributed by atoms with E-state index < -0.39 is 21.5 Å². The third kappa shape index (κ3) is 5.14. The van der Waals surface area contributed by atoms with Gasteiger partial charge in [-0.2, -0.15) is 0 Å². The van der Waals surface area contributed by atoms with E-state index in [1.54, 1.807) is 24.3 Å². The largest absolute Gasteiger partial charge is 0.325 e. The van der Waals surface area contributed by atoms with Crippen LogP contribution in [-0.2, 0) is 14.6 Å². The van der Waals surface area contributed by atoms with Crippen molar-refractivity contribution in [3.63, 3.8) is 0 Å². The number of rotatable bonds is 5. The molecule has 1 N–H and O–H groups in total. The van der Waals surface area contributed by atoms with Crippen LogP contribution in [0.4, 0.5) is 5.69 Å². The molecule has 0 unspecified atom stereocenters. The Morgan fingerprint density at radius 3 is 2.47 bits per heavy atom. The van der Waals surface area contributed by atoms with E-state index >= 15 is 0 Å². The number of carbonyl (C=O) groups excluding carboxylic acids is 1. The molecule has 1 aromatic rings. The van der Waals surface area contributed by atoms with Gasteiger partial charge >= 0.3 is 0 Å². The molecule has 0 aliphatic heterocycles. The van der Waals surface area contributed by atoms with Crippen molar-refractivity contribution < 1.29 is 13.2 Å². The average molecular weight is 318 g/mol. The summed E-state index contributed by atoms with van der Waals surface area (Å²) in [7, 11) is -3.40. The minimum Gasteiger partial charge on any atom is -0.325 e. The Morgan fingerprint density at radius 2 is 1.94 bits per heavy atom. The van der Waals surface area contributed by atoms with Crippen LogP contribution in [-0.4, -0.2) is 25.8 Å². The molecule has 4 nitrogen and oxygen atoms in total. The van der Waals surface area contributed by atoms with Gasteiger partial charge in [0, 0.05) is 10.2 Å². The average Bonchev–Trinajstić information content (AvgIpc) is 2.20. The number of halogens is 1. The zero-order valence-electron chi connectivity index (χ0n) is 9.02. The van der Waals surface area contributed by atoms with Crippen LogP contribution in [0.25, 0.3) is 0 Å². The Hall–Kier alpha value is -1.14. The Kier molecular flexibility index (Phi) is 4.89. The molecular formula is C11H12BrNO3S. The summed E-state index contributed by atoms with van der Waals surface area (Å²) < 4.78 is 23.6. The first kappa shape index (κ1) is 13.9. The van der Waals surface area contributed by atoms with Crippen LogP contribution in [0.5, 0.6) is 0 Å². The molecule has 0 spiro atoms. The molecule has 0 atom stereocenters. The lowest BCUT2D eigenvalue weighted by molar-refractivity contribution is -0.113. The van der Waals surface area contributed by atoms with Crippen molar-refractivity contribution in [2.24, 2.45) is 0 Å². The van der Waals surface area contributed by atoms with Crippen LogP contribution >= 0.6 is 15.9 Å². The molecule has 1 aromatic carbocycles. The van der Waals surface area contributed by atoms with Gasteiger partial charge in [-0.05, 0) is 24.3 Å². The predicted octanol–water partition coefficient (Wildman–Crippen LogP) is 1.99. The smallest absolute Gasteiger partial charge is 0.239 e. The summed E-state index contributed by atoms with van der Waals surface area (Å²) in [6.07, 6.45) is 1.27. The third-order valence-electron chi connectivity index (χ3n) is 1.85. The monoisotopic (exact) mass is 317 g/mol. The molecule has 0 aromatic heterocycles. The van der Waals surface area contributed by atoms with Crippen LogP contribution in [0.1, 0.15) is 0 Å². The topological polar surface area (TPSA) is 63.2 Å². The predicted molar refractivity (Wildman–Crippen MR) is 71.6 cm³/mol. The highest BCUT2D eigenvalue weighted by Gasteiger charge is 2.14. The van der Waals surface area contributed by atoms with Crippen LogP contribution in [0.15, 0.2) is 41.4 Å². The zero-order chi connectivity index (χ0) is 12.9. The van der Waals surface area contributed by atoms with Crippen LogP contribution < -0.4 is 5.32 Å². The van der Waals surface area contributed by atoms with Crippen molar-refractivity contribution in [1.29, 1.82) is 0 Å². The molecule has 6 heteroatoms. The van der Waals surface area contributed by atoms with Crippen molar-refractivity contribution >= 4 is 37.4 Å². The number of amides is 1. The van der Waals surface area contributed by atoms with Gasteiger partial charge in [-0.25, -0.2) is 8.42 Å². The lowest BCUT2D eigenvalue weighted by atomic mass is 10.3. The summed E-state index contributed by atoms with van der Waals surface area (Å²) in [5.74, 6) is -1.27. The number of nitrogens with one attached hydrogen (secondary N) is 1.